The number of hydrogen-bond acceptors (Lipinski definition) is 4. The first-order valence-corrected chi connectivity index (χ1v) is 5.82. The number of pyridine rings is 1. The summed E-state index contributed by atoms with van der Waals surface area (Å²) in [5.41, 5.74) is 1.36. The van der Waals surface area contributed by atoms with E-state index >= 15 is 0 Å². The van der Waals surface area contributed by atoms with Crippen LogP contribution in [-0.4, -0.2) is 49.0 Å². The standard InChI is InChI=1S/C12H18N4O/c1-13-9-3-5-14-11(7-9)12(17)15-10-4-6-16(2)8-10/h3,5,7,10H,4,6,8H2,1-2H3,(H,13,14)(H,15,17). The number of nitrogens with zero attached hydrogens (tertiary/aromatic N) is 2. The summed E-state index contributed by atoms with van der Waals surface area (Å²) in [7, 11) is 3.88. The van der Waals surface area contributed by atoms with Gasteiger partial charge in [0.05, 0.1) is 0 Å². The summed E-state index contributed by atoms with van der Waals surface area (Å²) in [6, 6.07) is 3.83. The average Bonchev–Trinajstić information content (AvgIpc) is 2.75. The third-order valence-electron chi connectivity index (χ3n) is 3.01. The number of carbonyl (C=O) groups excluding carboxylic acids is 1. The lowest BCUT2D eigenvalue weighted by molar-refractivity contribution is 0.0933. The molecule has 17 heavy (non-hydrogen) atoms. The van der Waals surface area contributed by atoms with Crippen molar-refractivity contribution in [3.63, 3.8) is 0 Å². The minimum absolute atomic E-state index is 0.0950. The lowest BCUT2D eigenvalue weighted by Gasteiger charge is -2.12. The van der Waals surface area contributed by atoms with Crippen molar-refractivity contribution in [1.82, 2.24) is 15.2 Å². The van der Waals surface area contributed by atoms with E-state index in [-0.39, 0.29) is 11.9 Å². The third kappa shape index (κ3) is 2.94. The monoisotopic (exact) mass is 234 g/mol. The Kier molecular flexibility index (Phi) is 3.58. The van der Waals surface area contributed by atoms with Crippen LogP contribution >= 0.6 is 0 Å². The van der Waals surface area contributed by atoms with Gasteiger partial charge in [0.2, 0.25) is 0 Å². The van der Waals surface area contributed by atoms with Crippen molar-refractivity contribution in [3.05, 3.63) is 24.0 Å². The predicted molar refractivity (Wildman–Crippen MR) is 67.2 cm³/mol. The van der Waals surface area contributed by atoms with Gasteiger partial charge in [0.25, 0.3) is 5.91 Å². The quantitative estimate of drug-likeness (QED) is 0.802. The smallest absolute Gasteiger partial charge is 0.270 e. The van der Waals surface area contributed by atoms with Gasteiger partial charge in [0.1, 0.15) is 5.69 Å². The Balaban J connectivity index is 1.99. The topological polar surface area (TPSA) is 57.3 Å². The maximum atomic E-state index is 12.0. The molecule has 0 aliphatic carbocycles. The minimum Gasteiger partial charge on any atom is -0.388 e. The summed E-state index contributed by atoms with van der Waals surface area (Å²) in [6.07, 6.45) is 2.65. The lowest BCUT2D eigenvalue weighted by Crippen LogP contribution is -2.36. The molecule has 0 spiro atoms. The van der Waals surface area contributed by atoms with Crippen LogP contribution in [0, 0.1) is 0 Å². The van der Waals surface area contributed by atoms with Crippen LogP contribution in [0.5, 0.6) is 0 Å². The first kappa shape index (κ1) is 11.9. The molecule has 92 valence electrons. The van der Waals surface area contributed by atoms with Crippen LogP contribution in [0.15, 0.2) is 18.3 Å². The van der Waals surface area contributed by atoms with Crippen molar-refractivity contribution in [2.24, 2.45) is 0 Å². The van der Waals surface area contributed by atoms with Crippen LogP contribution in [-0.2, 0) is 0 Å². The molecule has 2 heterocycles. The van der Waals surface area contributed by atoms with Crippen molar-refractivity contribution in [1.29, 1.82) is 0 Å². The van der Waals surface area contributed by atoms with E-state index in [2.05, 4.69) is 27.6 Å². The van der Waals surface area contributed by atoms with E-state index in [1.807, 2.05) is 13.1 Å². The third-order valence-corrected chi connectivity index (χ3v) is 3.01. The molecule has 1 unspecified atom stereocenters. The molecule has 1 amide bonds. The number of likely N-dealkylation sites (N-methyl/N-ethyl adjacent to an activating group) is 1. The Hall–Kier alpha value is -1.62. The molecule has 2 N–H and O–H groups in total. The first-order chi connectivity index (χ1) is 8.19. The van der Waals surface area contributed by atoms with Crippen molar-refractivity contribution in [2.45, 2.75) is 12.5 Å². The molecule has 0 aromatic carbocycles. The van der Waals surface area contributed by atoms with E-state index in [1.165, 1.54) is 0 Å². The fraction of sp³-hybridized carbons (Fsp3) is 0.500. The molecular weight excluding hydrogens is 216 g/mol. The van der Waals surface area contributed by atoms with E-state index in [0.29, 0.717) is 5.69 Å². The van der Waals surface area contributed by atoms with E-state index in [9.17, 15) is 4.79 Å². The van der Waals surface area contributed by atoms with Gasteiger partial charge in [-0.3, -0.25) is 9.78 Å². The second-order valence-corrected chi connectivity index (χ2v) is 4.40. The maximum absolute atomic E-state index is 12.0. The van der Waals surface area contributed by atoms with Gasteiger partial charge < -0.3 is 15.5 Å². The predicted octanol–water partition coefficient (Wildman–Crippen LogP) is 0.557. The largest absolute Gasteiger partial charge is 0.388 e. The molecule has 1 saturated heterocycles. The molecule has 1 aliphatic heterocycles. The zero-order valence-corrected chi connectivity index (χ0v) is 10.2. The lowest BCUT2D eigenvalue weighted by atomic mass is 10.2. The van der Waals surface area contributed by atoms with E-state index in [4.69, 9.17) is 0 Å². The second-order valence-electron chi connectivity index (χ2n) is 4.40. The highest BCUT2D eigenvalue weighted by atomic mass is 16.1. The number of rotatable bonds is 3. The number of likely N-dealkylation sites (tertiary alicyclic amines) is 1. The normalized spacial score (nSPS) is 20.2. The maximum Gasteiger partial charge on any atom is 0.270 e. The molecule has 1 aromatic heterocycles. The highest BCUT2D eigenvalue weighted by Gasteiger charge is 2.21. The number of nitrogens with one attached hydrogen (secondary N) is 2. The van der Waals surface area contributed by atoms with Gasteiger partial charge in [0.15, 0.2) is 0 Å². The summed E-state index contributed by atoms with van der Waals surface area (Å²) in [5, 5.41) is 6.00. The van der Waals surface area contributed by atoms with Gasteiger partial charge in [-0.1, -0.05) is 0 Å². The summed E-state index contributed by atoms with van der Waals surface area (Å²) in [6.45, 7) is 1.95. The van der Waals surface area contributed by atoms with Crippen LogP contribution in [0.1, 0.15) is 16.9 Å². The molecule has 1 aliphatic rings. The molecular formula is C12H18N4O. The van der Waals surface area contributed by atoms with E-state index < -0.39 is 0 Å². The molecule has 5 heteroatoms. The highest BCUT2D eigenvalue weighted by molar-refractivity contribution is 5.93. The van der Waals surface area contributed by atoms with E-state index in [0.717, 1.165) is 25.2 Å². The van der Waals surface area contributed by atoms with Crippen LogP contribution in [0.25, 0.3) is 0 Å². The van der Waals surface area contributed by atoms with Gasteiger partial charge in [-0.15, -0.1) is 0 Å². The van der Waals surface area contributed by atoms with Crippen molar-refractivity contribution < 1.29 is 4.79 Å². The summed E-state index contributed by atoms with van der Waals surface area (Å²) < 4.78 is 0. The minimum atomic E-state index is -0.0950. The van der Waals surface area contributed by atoms with Gasteiger partial charge in [-0.05, 0) is 32.1 Å². The first-order valence-electron chi connectivity index (χ1n) is 5.82. The summed E-state index contributed by atoms with van der Waals surface area (Å²) in [5.74, 6) is -0.0950. The van der Waals surface area contributed by atoms with Gasteiger partial charge in [0, 0.05) is 31.5 Å². The zero-order valence-electron chi connectivity index (χ0n) is 10.2. The van der Waals surface area contributed by atoms with Crippen molar-refractivity contribution in [3.8, 4) is 0 Å². The molecule has 1 fully saturated rings. The molecule has 0 radical (unpaired) electrons. The Bertz CT molecular complexity index is 407. The molecule has 0 bridgehead atoms. The Morgan fingerprint density at radius 2 is 2.41 bits per heavy atom. The van der Waals surface area contributed by atoms with Gasteiger partial charge in [-0.2, -0.15) is 0 Å². The van der Waals surface area contributed by atoms with E-state index in [1.54, 1.807) is 12.3 Å². The molecule has 1 atom stereocenters. The van der Waals surface area contributed by atoms with Crippen LogP contribution in [0.3, 0.4) is 0 Å². The van der Waals surface area contributed by atoms with Crippen LogP contribution in [0.2, 0.25) is 0 Å². The second kappa shape index (κ2) is 5.14. The highest BCUT2D eigenvalue weighted by Crippen LogP contribution is 2.09. The fourth-order valence-electron chi connectivity index (χ4n) is 2.02. The average molecular weight is 234 g/mol. The number of carbonyl (C=O) groups is 1. The molecule has 0 saturated carbocycles. The Labute approximate surface area is 101 Å². The number of aromatic nitrogens is 1. The fourth-order valence-corrected chi connectivity index (χ4v) is 2.02. The number of amides is 1. The number of anilines is 1. The van der Waals surface area contributed by atoms with Crippen LogP contribution in [0.4, 0.5) is 5.69 Å². The summed E-state index contributed by atoms with van der Waals surface area (Å²) >= 11 is 0. The summed E-state index contributed by atoms with van der Waals surface area (Å²) in [4.78, 5) is 18.2. The molecule has 5 nitrogen and oxygen atoms in total. The molecule has 2 rings (SSSR count). The molecule has 1 aromatic rings. The zero-order chi connectivity index (χ0) is 12.3. The van der Waals surface area contributed by atoms with Crippen molar-refractivity contribution in [2.75, 3.05) is 32.5 Å². The van der Waals surface area contributed by atoms with Crippen LogP contribution < -0.4 is 10.6 Å². The van der Waals surface area contributed by atoms with Gasteiger partial charge in [-0.25, -0.2) is 0 Å². The van der Waals surface area contributed by atoms with Crippen molar-refractivity contribution >= 4 is 11.6 Å². The SMILES string of the molecule is CNc1ccnc(C(=O)NC2CCN(C)C2)c1. The van der Waals surface area contributed by atoms with Gasteiger partial charge >= 0.3 is 0 Å². The number of hydrogen-bond donors (Lipinski definition) is 2. The Morgan fingerprint density at radius 3 is 3.06 bits per heavy atom. The Morgan fingerprint density at radius 1 is 1.59 bits per heavy atom.